The molecule has 1 aliphatic rings. The highest BCUT2D eigenvalue weighted by atomic mass is 19.2. The molecule has 1 N–H and O–H groups in total. The van der Waals surface area contributed by atoms with E-state index in [2.05, 4.69) is 20.3 Å². The summed E-state index contributed by atoms with van der Waals surface area (Å²) in [4.78, 5) is 11.5. The molecule has 0 radical (unpaired) electrons. The van der Waals surface area contributed by atoms with Crippen molar-refractivity contribution in [1.82, 2.24) is 19.5 Å². The third kappa shape index (κ3) is 2.68. The van der Waals surface area contributed by atoms with Gasteiger partial charge in [-0.2, -0.15) is 14.4 Å². The number of fused-ring (bicyclic) bond motifs is 1. The minimum Gasteiger partial charge on any atom is -0.364 e. The van der Waals surface area contributed by atoms with Crippen LogP contribution in [0.3, 0.4) is 0 Å². The second kappa shape index (κ2) is 5.96. The standard InChI is InChI=1S/C15H11F4N5O/c16-8-2-1-7(10(17)11(8)18)5-20-13-12-14(23-15(19)22-13)24(6-21-12)9-3-4-25-9/h1-2,6,9H,3-5H2,(H,20,22,23). The minimum atomic E-state index is -1.57. The van der Waals surface area contributed by atoms with Gasteiger partial charge in [-0.3, -0.25) is 4.57 Å². The predicted molar refractivity (Wildman–Crippen MR) is 78.5 cm³/mol. The Morgan fingerprint density at radius 3 is 2.68 bits per heavy atom. The Morgan fingerprint density at radius 2 is 1.96 bits per heavy atom. The molecule has 1 unspecified atom stereocenters. The second-order valence-electron chi connectivity index (χ2n) is 5.47. The predicted octanol–water partition coefficient (Wildman–Crippen LogP) is 2.91. The third-order valence-electron chi connectivity index (χ3n) is 3.94. The molecule has 0 aliphatic carbocycles. The molecule has 1 aromatic carbocycles. The zero-order valence-electron chi connectivity index (χ0n) is 12.6. The van der Waals surface area contributed by atoms with Crippen LogP contribution in [-0.2, 0) is 11.3 Å². The van der Waals surface area contributed by atoms with Crippen molar-refractivity contribution < 1.29 is 22.3 Å². The Hall–Kier alpha value is -2.75. The molecule has 1 saturated heterocycles. The number of nitrogens with zero attached hydrogens (tertiary/aromatic N) is 4. The molecule has 4 rings (SSSR count). The molecule has 6 nitrogen and oxygen atoms in total. The molecule has 1 atom stereocenters. The first-order valence-electron chi connectivity index (χ1n) is 7.42. The summed E-state index contributed by atoms with van der Waals surface area (Å²) in [5.41, 5.74) is 0.359. The smallest absolute Gasteiger partial charge is 0.312 e. The monoisotopic (exact) mass is 353 g/mol. The number of ether oxygens (including phenoxy) is 1. The maximum absolute atomic E-state index is 13.7. The number of hydrogen-bond donors (Lipinski definition) is 1. The first kappa shape index (κ1) is 15.8. The van der Waals surface area contributed by atoms with Gasteiger partial charge in [0.15, 0.2) is 34.4 Å². The van der Waals surface area contributed by atoms with Crippen LogP contribution in [0.5, 0.6) is 0 Å². The summed E-state index contributed by atoms with van der Waals surface area (Å²) >= 11 is 0. The summed E-state index contributed by atoms with van der Waals surface area (Å²) in [6.07, 6.45) is 0.934. The van der Waals surface area contributed by atoms with Crippen LogP contribution in [0, 0.1) is 23.5 Å². The summed E-state index contributed by atoms with van der Waals surface area (Å²) in [6, 6.07) is 1.91. The molecule has 10 heteroatoms. The van der Waals surface area contributed by atoms with Crippen LogP contribution in [0.2, 0.25) is 0 Å². The van der Waals surface area contributed by atoms with Crippen LogP contribution < -0.4 is 5.32 Å². The number of halogens is 4. The van der Waals surface area contributed by atoms with Gasteiger partial charge in [0.1, 0.15) is 6.23 Å². The Morgan fingerprint density at radius 1 is 1.16 bits per heavy atom. The number of anilines is 1. The maximum Gasteiger partial charge on any atom is 0.312 e. The molecule has 0 bridgehead atoms. The van der Waals surface area contributed by atoms with E-state index in [0.29, 0.717) is 6.61 Å². The van der Waals surface area contributed by atoms with Gasteiger partial charge < -0.3 is 10.1 Å². The molecule has 3 aromatic rings. The molecule has 0 amide bonds. The number of aromatic nitrogens is 4. The molecular formula is C15H11F4N5O. The van der Waals surface area contributed by atoms with E-state index >= 15 is 0 Å². The average molecular weight is 353 g/mol. The number of imidazole rings is 1. The number of benzene rings is 1. The quantitative estimate of drug-likeness (QED) is 0.444. The zero-order valence-corrected chi connectivity index (χ0v) is 12.6. The molecule has 0 saturated carbocycles. The van der Waals surface area contributed by atoms with Gasteiger partial charge >= 0.3 is 6.08 Å². The molecule has 1 aliphatic heterocycles. The van der Waals surface area contributed by atoms with Gasteiger partial charge in [-0.05, 0) is 6.07 Å². The molecule has 3 heterocycles. The van der Waals surface area contributed by atoms with Crippen molar-refractivity contribution in [3.8, 4) is 0 Å². The van der Waals surface area contributed by atoms with Crippen molar-refractivity contribution >= 4 is 17.0 Å². The Labute approximate surface area is 138 Å². The van der Waals surface area contributed by atoms with Gasteiger partial charge in [0, 0.05) is 18.5 Å². The van der Waals surface area contributed by atoms with Crippen molar-refractivity contribution in [3.05, 3.63) is 47.6 Å². The number of rotatable bonds is 4. The van der Waals surface area contributed by atoms with Gasteiger partial charge in [-0.15, -0.1) is 0 Å². The van der Waals surface area contributed by atoms with E-state index in [1.807, 2.05) is 0 Å². The fourth-order valence-electron chi connectivity index (χ4n) is 2.55. The van der Waals surface area contributed by atoms with Crippen LogP contribution in [0.25, 0.3) is 11.2 Å². The summed E-state index contributed by atoms with van der Waals surface area (Å²) in [5, 5.41) is 2.68. The highest BCUT2D eigenvalue weighted by Gasteiger charge is 2.24. The van der Waals surface area contributed by atoms with Crippen LogP contribution in [0.1, 0.15) is 18.2 Å². The lowest BCUT2D eigenvalue weighted by atomic mass is 10.2. The summed E-state index contributed by atoms with van der Waals surface area (Å²) < 4.78 is 60.6. The first-order valence-corrected chi connectivity index (χ1v) is 7.42. The Balaban J connectivity index is 1.65. The van der Waals surface area contributed by atoms with Gasteiger partial charge in [0.05, 0.1) is 12.9 Å². The number of nitrogens with one attached hydrogen (secondary N) is 1. The largest absolute Gasteiger partial charge is 0.364 e. The average Bonchev–Trinajstić information content (AvgIpc) is 2.94. The normalized spacial score (nSPS) is 16.9. The first-order chi connectivity index (χ1) is 12.0. The van der Waals surface area contributed by atoms with E-state index in [1.165, 1.54) is 6.33 Å². The van der Waals surface area contributed by atoms with E-state index in [0.717, 1.165) is 18.6 Å². The van der Waals surface area contributed by atoms with Crippen molar-refractivity contribution in [2.24, 2.45) is 0 Å². The third-order valence-corrected chi connectivity index (χ3v) is 3.94. The van der Waals surface area contributed by atoms with Crippen molar-refractivity contribution in [3.63, 3.8) is 0 Å². The molecular weight excluding hydrogens is 342 g/mol. The highest BCUT2D eigenvalue weighted by molar-refractivity contribution is 5.82. The van der Waals surface area contributed by atoms with Gasteiger partial charge in [0.25, 0.3) is 0 Å². The topological polar surface area (TPSA) is 64.9 Å². The zero-order chi connectivity index (χ0) is 17.6. The molecule has 1 fully saturated rings. The summed E-state index contributed by atoms with van der Waals surface area (Å²) in [5.74, 6) is -4.14. The summed E-state index contributed by atoms with van der Waals surface area (Å²) in [7, 11) is 0. The van der Waals surface area contributed by atoms with Crippen LogP contribution in [0.15, 0.2) is 18.5 Å². The SMILES string of the molecule is Fc1nc(NCc2ccc(F)c(F)c2F)c2ncn(C3CCO3)c2n1. The molecule has 130 valence electrons. The van der Waals surface area contributed by atoms with Gasteiger partial charge in [-0.1, -0.05) is 6.07 Å². The van der Waals surface area contributed by atoms with E-state index < -0.39 is 23.5 Å². The van der Waals surface area contributed by atoms with Crippen molar-refractivity contribution in [2.45, 2.75) is 19.2 Å². The number of hydrogen-bond acceptors (Lipinski definition) is 5. The Bertz CT molecular complexity index is 957. The van der Waals surface area contributed by atoms with Crippen molar-refractivity contribution in [2.75, 3.05) is 11.9 Å². The lowest BCUT2D eigenvalue weighted by molar-refractivity contribution is -0.0974. The van der Waals surface area contributed by atoms with Gasteiger partial charge in [-0.25, -0.2) is 18.2 Å². The van der Waals surface area contributed by atoms with E-state index in [-0.39, 0.29) is 35.3 Å². The molecule has 25 heavy (non-hydrogen) atoms. The summed E-state index contributed by atoms with van der Waals surface area (Å²) in [6.45, 7) is 0.361. The van der Waals surface area contributed by atoms with Crippen LogP contribution in [-0.4, -0.2) is 26.1 Å². The molecule has 2 aromatic heterocycles. The highest BCUT2D eigenvalue weighted by Crippen LogP contribution is 2.28. The minimum absolute atomic E-state index is 0.0182. The van der Waals surface area contributed by atoms with Crippen LogP contribution >= 0.6 is 0 Å². The van der Waals surface area contributed by atoms with Gasteiger partial charge in [0.2, 0.25) is 0 Å². The Kier molecular flexibility index (Phi) is 3.75. The fraction of sp³-hybridized carbons (Fsp3) is 0.267. The van der Waals surface area contributed by atoms with E-state index in [4.69, 9.17) is 4.74 Å². The van der Waals surface area contributed by atoms with Crippen LogP contribution in [0.4, 0.5) is 23.4 Å². The van der Waals surface area contributed by atoms with E-state index in [1.54, 1.807) is 4.57 Å². The lowest BCUT2D eigenvalue weighted by Crippen LogP contribution is -2.24. The molecule has 0 spiro atoms. The van der Waals surface area contributed by atoms with Crippen molar-refractivity contribution in [1.29, 1.82) is 0 Å². The van der Waals surface area contributed by atoms with E-state index in [9.17, 15) is 17.6 Å². The maximum atomic E-state index is 13.7. The lowest BCUT2D eigenvalue weighted by Gasteiger charge is -2.27. The second-order valence-corrected chi connectivity index (χ2v) is 5.47. The fourth-order valence-corrected chi connectivity index (χ4v) is 2.55.